The maximum atomic E-state index is 13.0. The molecule has 4 saturated carbocycles. The molecule has 1 saturated heterocycles. The van der Waals surface area contributed by atoms with Gasteiger partial charge >= 0.3 is 6.16 Å². The summed E-state index contributed by atoms with van der Waals surface area (Å²) in [4.78, 5) is 15.8. The van der Waals surface area contributed by atoms with Gasteiger partial charge in [0.2, 0.25) is 0 Å². The van der Waals surface area contributed by atoms with Gasteiger partial charge in [-0.25, -0.2) is 4.79 Å². The predicted molar refractivity (Wildman–Crippen MR) is 172 cm³/mol. The molecule has 7 aliphatic rings. The monoisotopic (exact) mass is 641 g/mol. The molecule has 7 atom stereocenters. The summed E-state index contributed by atoms with van der Waals surface area (Å²) in [6.45, 7) is 16.7. The van der Waals surface area contributed by atoms with Gasteiger partial charge in [0.15, 0.2) is 11.5 Å². The fraction of sp³-hybridized carbons (Fsp3) is 0.811. The van der Waals surface area contributed by atoms with Crippen molar-refractivity contribution in [3.8, 4) is 11.5 Å². The molecule has 1 aromatic carbocycles. The molecule has 5 fully saturated rings. The van der Waals surface area contributed by atoms with Crippen LogP contribution in [0.25, 0.3) is 0 Å². The van der Waals surface area contributed by atoms with Crippen LogP contribution >= 0.6 is 0 Å². The van der Waals surface area contributed by atoms with Crippen LogP contribution in [0.15, 0.2) is 12.1 Å². The number of fused-ring (bicyclic) bond motifs is 2. The van der Waals surface area contributed by atoms with E-state index in [1.54, 1.807) is 0 Å². The molecule has 2 spiro atoms. The van der Waals surface area contributed by atoms with E-state index >= 15 is 0 Å². The molecule has 5 aliphatic carbocycles. The Morgan fingerprint density at radius 1 is 1.07 bits per heavy atom. The second kappa shape index (κ2) is 11.1. The zero-order valence-electron chi connectivity index (χ0n) is 29.0. The molecular weight excluding hydrogens is 586 g/mol. The van der Waals surface area contributed by atoms with Crippen LogP contribution in [0.2, 0.25) is 0 Å². The number of hydrogen-bond acceptors (Lipinski definition) is 9. The van der Waals surface area contributed by atoms with E-state index in [1.165, 1.54) is 24.0 Å². The number of piperidine rings is 1. The number of benzene rings is 1. The van der Waals surface area contributed by atoms with Crippen molar-refractivity contribution in [3.63, 3.8) is 0 Å². The Hall–Kier alpha value is -1.91. The van der Waals surface area contributed by atoms with Crippen LogP contribution in [0.4, 0.5) is 4.79 Å². The first kappa shape index (κ1) is 32.6. The Balaban J connectivity index is 1.28. The maximum Gasteiger partial charge on any atom is 0.514 e. The molecule has 8 rings (SSSR count). The van der Waals surface area contributed by atoms with E-state index in [0.717, 1.165) is 51.1 Å². The van der Waals surface area contributed by atoms with Crippen LogP contribution in [0.1, 0.15) is 91.2 Å². The van der Waals surface area contributed by atoms with Crippen LogP contribution in [0.5, 0.6) is 11.5 Å². The lowest BCUT2D eigenvalue weighted by Gasteiger charge is -2.78. The van der Waals surface area contributed by atoms with Gasteiger partial charge in [0, 0.05) is 43.2 Å². The molecule has 256 valence electrons. The van der Waals surface area contributed by atoms with Gasteiger partial charge in [-0.1, -0.05) is 26.8 Å². The van der Waals surface area contributed by atoms with Crippen molar-refractivity contribution in [2.45, 2.75) is 115 Å². The summed E-state index contributed by atoms with van der Waals surface area (Å²) < 4.78 is 36.2. The number of likely N-dealkylation sites (tertiary alicyclic amines) is 1. The Morgan fingerprint density at radius 2 is 1.80 bits per heavy atom. The molecule has 0 radical (unpaired) electrons. The molecular formula is C37H55NO8. The third-order valence-electron chi connectivity index (χ3n) is 13.7. The van der Waals surface area contributed by atoms with Crippen molar-refractivity contribution in [1.82, 2.24) is 4.90 Å². The minimum absolute atomic E-state index is 0.0890. The minimum atomic E-state index is -1.01. The van der Waals surface area contributed by atoms with Crippen LogP contribution in [0, 0.1) is 22.7 Å². The van der Waals surface area contributed by atoms with E-state index in [2.05, 4.69) is 38.7 Å². The summed E-state index contributed by atoms with van der Waals surface area (Å²) in [5, 5.41) is 12.5. The van der Waals surface area contributed by atoms with Gasteiger partial charge in [0.25, 0.3) is 0 Å². The highest BCUT2D eigenvalue weighted by molar-refractivity contribution is 5.70. The van der Waals surface area contributed by atoms with Gasteiger partial charge in [-0.15, -0.1) is 0 Å². The minimum Gasteiger partial charge on any atom is -0.479 e. The molecule has 46 heavy (non-hydrogen) atoms. The zero-order chi connectivity index (χ0) is 32.8. The van der Waals surface area contributed by atoms with Gasteiger partial charge < -0.3 is 33.5 Å². The summed E-state index contributed by atoms with van der Waals surface area (Å²) in [6.07, 6.45) is 6.49. The third-order valence-corrected chi connectivity index (χ3v) is 13.7. The lowest BCUT2D eigenvalue weighted by molar-refractivity contribution is -0.345. The van der Waals surface area contributed by atoms with Crippen LogP contribution in [0.3, 0.4) is 0 Å². The Morgan fingerprint density at radius 3 is 2.50 bits per heavy atom. The molecule has 1 N–H and O–H groups in total. The topological polar surface area (TPSA) is 95.9 Å². The highest BCUT2D eigenvalue weighted by Gasteiger charge is 2.87. The van der Waals surface area contributed by atoms with Gasteiger partial charge in [0.1, 0.15) is 17.8 Å². The normalized spacial score (nSPS) is 37.0. The lowest BCUT2D eigenvalue weighted by atomic mass is 9.30. The van der Waals surface area contributed by atoms with Crippen molar-refractivity contribution >= 4 is 6.16 Å². The molecule has 1 aromatic rings. The number of aliphatic hydroxyl groups is 1. The van der Waals surface area contributed by atoms with Crippen LogP contribution in [-0.4, -0.2) is 92.2 Å². The summed E-state index contributed by atoms with van der Waals surface area (Å²) in [5.41, 5.74) is -0.838. The average Bonchev–Trinajstić information content (AvgIpc) is 3.77. The SMILES string of the molecule is CCOCCOCCOC(=O)Oc1ccc2c3c1O[C@@]1(C)[C@]34CCN(CC3CC3)[C@H](C2)[C@]42CC[C@@]1(OC)[C@@H]([C@](C)(O)C(C)(C)C)C2. The van der Waals surface area contributed by atoms with Crippen LogP contribution < -0.4 is 9.47 Å². The number of rotatable bonds is 12. The number of carbonyl (C=O) groups is 1. The first-order valence-electron chi connectivity index (χ1n) is 17.7. The van der Waals surface area contributed by atoms with E-state index in [4.69, 9.17) is 28.4 Å². The molecule has 0 amide bonds. The fourth-order valence-electron chi connectivity index (χ4n) is 11.0. The van der Waals surface area contributed by atoms with Crippen molar-refractivity contribution in [2.24, 2.45) is 22.7 Å². The van der Waals surface area contributed by atoms with Gasteiger partial charge in [-0.05, 0) is 95.2 Å². The fourth-order valence-corrected chi connectivity index (χ4v) is 11.0. The number of ether oxygens (including phenoxy) is 6. The number of carbonyl (C=O) groups excluding carboxylic acids is 1. The predicted octanol–water partition coefficient (Wildman–Crippen LogP) is 5.67. The van der Waals surface area contributed by atoms with E-state index < -0.39 is 23.0 Å². The lowest BCUT2D eigenvalue weighted by Crippen LogP contribution is -2.87. The Labute approximate surface area is 274 Å². The standard InChI is InChI=1S/C37H55NO8/c1-8-42-17-18-43-19-20-44-31(39)45-26-12-11-25-21-28-35-13-14-37(41-7,27(22-35)33(5,40)32(2,3)4)34(6)36(35,29(25)30(26)46-34)15-16-38(28)23-24-9-10-24/h11-12,24,27-28,40H,8-10,13-23H2,1-7H3/t27-,28-,33+,34+,35-,36+,37-/m1/s1. The van der Waals surface area contributed by atoms with Crippen molar-refractivity contribution < 1.29 is 38.3 Å². The summed E-state index contributed by atoms with van der Waals surface area (Å²) >= 11 is 0. The summed E-state index contributed by atoms with van der Waals surface area (Å²) in [6, 6.07) is 4.39. The van der Waals surface area contributed by atoms with Crippen molar-refractivity contribution in [3.05, 3.63) is 23.3 Å². The molecule has 4 bridgehead atoms. The average molecular weight is 642 g/mol. The number of methoxy groups -OCH3 is 1. The molecule has 0 unspecified atom stereocenters. The largest absolute Gasteiger partial charge is 0.514 e. The molecule has 2 heterocycles. The third kappa shape index (κ3) is 4.26. The first-order chi connectivity index (χ1) is 21.8. The quantitative estimate of drug-likeness (QED) is 0.176. The number of nitrogens with zero attached hydrogens (tertiary/aromatic N) is 1. The highest BCUT2D eigenvalue weighted by atomic mass is 16.7. The van der Waals surface area contributed by atoms with Crippen LogP contribution in [-0.2, 0) is 30.8 Å². The Bertz CT molecular complexity index is 1350. The zero-order valence-corrected chi connectivity index (χ0v) is 29.0. The summed E-state index contributed by atoms with van der Waals surface area (Å²) in [7, 11) is 1.81. The summed E-state index contributed by atoms with van der Waals surface area (Å²) in [5.74, 6) is 1.70. The van der Waals surface area contributed by atoms with Gasteiger partial charge in [-0.3, -0.25) is 4.90 Å². The molecule has 9 heteroatoms. The molecule has 2 aliphatic heterocycles. The smallest absolute Gasteiger partial charge is 0.479 e. The van der Waals surface area contributed by atoms with E-state index in [9.17, 15) is 9.90 Å². The van der Waals surface area contributed by atoms with E-state index in [0.29, 0.717) is 37.4 Å². The van der Waals surface area contributed by atoms with E-state index in [1.807, 2.05) is 27.0 Å². The highest BCUT2D eigenvalue weighted by Crippen LogP contribution is 2.81. The molecule has 0 aromatic heterocycles. The van der Waals surface area contributed by atoms with Gasteiger partial charge in [0.05, 0.1) is 30.8 Å². The van der Waals surface area contributed by atoms with E-state index in [-0.39, 0.29) is 35.4 Å². The molecule has 9 nitrogen and oxygen atoms in total. The maximum absolute atomic E-state index is 13.0. The number of hydrogen-bond donors (Lipinski definition) is 1. The van der Waals surface area contributed by atoms with Gasteiger partial charge in [-0.2, -0.15) is 0 Å². The van der Waals surface area contributed by atoms with Crippen molar-refractivity contribution in [1.29, 1.82) is 0 Å². The second-order valence-corrected chi connectivity index (χ2v) is 16.3. The first-order valence-corrected chi connectivity index (χ1v) is 17.7. The van der Waals surface area contributed by atoms with Crippen molar-refractivity contribution in [2.75, 3.05) is 53.2 Å². The second-order valence-electron chi connectivity index (χ2n) is 16.3. The Kier molecular flexibility index (Phi) is 7.84.